The summed E-state index contributed by atoms with van der Waals surface area (Å²) in [7, 11) is 0. The first kappa shape index (κ1) is 23.5. The van der Waals surface area contributed by atoms with Gasteiger partial charge in [0.1, 0.15) is 0 Å². The molecule has 4 aliphatic carbocycles. The zero-order chi connectivity index (χ0) is 22.6. The van der Waals surface area contributed by atoms with Crippen LogP contribution < -0.4 is 0 Å². The summed E-state index contributed by atoms with van der Waals surface area (Å²) in [6, 6.07) is 0. The van der Waals surface area contributed by atoms with Gasteiger partial charge in [-0.05, 0) is 110 Å². The Labute approximate surface area is 187 Å². The number of carboxylic acids is 1. The Morgan fingerprint density at radius 2 is 1.68 bits per heavy atom. The first-order chi connectivity index (χ1) is 14.6. The SMILES string of the molecule is C[C@H](CCC(=O)O)[C@H]1CC[C@H]2[C@@H]3[C@H](O)[C@H](CCO)[C@@H]4C[C@H](O)CC[C@]4(C)[C@H]3CC[C@]12C. The number of hydrogen-bond donors (Lipinski definition) is 4. The van der Waals surface area contributed by atoms with Crippen LogP contribution in [0.25, 0.3) is 0 Å². The molecule has 0 spiro atoms. The lowest BCUT2D eigenvalue weighted by Crippen LogP contribution is -2.62. The van der Waals surface area contributed by atoms with Crippen LogP contribution in [0.3, 0.4) is 0 Å². The lowest BCUT2D eigenvalue weighted by Gasteiger charge is -2.64. The summed E-state index contributed by atoms with van der Waals surface area (Å²) in [4.78, 5) is 11.1. The Bertz CT molecular complexity index is 666. The lowest BCUT2D eigenvalue weighted by atomic mass is 9.41. The molecule has 31 heavy (non-hydrogen) atoms. The smallest absolute Gasteiger partial charge is 0.303 e. The van der Waals surface area contributed by atoms with Crippen LogP contribution in [0, 0.1) is 52.3 Å². The Hall–Kier alpha value is -0.650. The summed E-state index contributed by atoms with van der Waals surface area (Å²) in [5, 5.41) is 41.1. The molecule has 4 rings (SSSR count). The molecular weight excluding hydrogens is 392 g/mol. The van der Waals surface area contributed by atoms with E-state index in [1.165, 1.54) is 6.42 Å². The molecule has 4 aliphatic rings. The standard InChI is InChI=1S/C26H44O5/c1-15(4-7-22(29)30)18-5-6-19-23-20(9-12-25(18,19)2)26(3)11-8-16(28)14-21(26)17(10-13-27)24(23)31/h15-21,23-24,27-28,31H,4-14H2,1-3H3,(H,29,30)/t15-,16-,17-,18-,19+,20+,21+,23+,24-,25-,26-/m1/s1. The van der Waals surface area contributed by atoms with Crippen LogP contribution in [-0.2, 0) is 4.79 Å². The first-order valence-corrected chi connectivity index (χ1v) is 12.8. The van der Waals surface area contributed by atoms with Gasteiger partial charge in [0.25, 0.3) is 0 Å². The molecule has 0 aliphatic heterocycles. The molecule has 178 valence electrons. The first-order valence-electron chi connectivity index (χ1n) is 12.8. The highest BCUT2D eigenvalue weighted by atomic mass is 16.4. The molecule has 4 N–H and O–H groups in total. The minimum Gasteiger partial charge on any atom is -0.481 e. The molecule has 0 radical (unpaired) electrons. The number of carbonyl (C=O) groups is 1. The van der Waals surface area contributed by atoms with Crippen molar-refractivity contribution in [2.45, 2.75) is 97.2 Å². The molecular formula is C26H44O5. The van der Waals surface area contributed by atoms with Crippen molar-refractivity contribution in [3.8, 4) is 0 Å². The maximum atomic E-state index is 11.7. The summed E-state index contributed by atoms with van der Waals surface area (Å²) in [5.41, 5.74) is 0.304. The zero-order valence-corrected chi connectivity index (χ0v) is 19.7. The van der Waals surface area contributed by atoms with Gasteiger partial charge in [-0.2, -0.15) is 0 Å². The van der Waals surface area contributed by atoms with Crippen molar-refractivity contribution in [1.82, 2.24) is 0 Å². The molecule has 0 saturated heterocycles. The molecule has 4 fully saturated rings. The van der Waals surface area contributed by atoms with E-state index in [1.54, 1.807) is 0 Å². The average molecular weight is 437 g/mol. The van der Waals surface area contributed by atoms with Gasteiger partial charge in [0.2, 0.25) is 0 Å². The number of aliphatic hydroxyl groups is 3. The Morgan fingerprint density at radius 3 is 2.35 bits per heavy atom. The molecule has 4 saturated carbocycles. The highest BCUT2D eigenvalue weighted by Gasteiger charge is 2.64. The summed E-state index contributed by atoms with van der Waals surface area (Å²) in [5.74, 6) is 1.80. The van der Waals surface area contributed by atoms with Crippen LogP contribution in [0.15, 0.2) is 0 Å². The van der Waals surface area contributed by atoms with Crippen molar-refractivity contribution in [3.05, 3.63) is 0 Å². The van der Waals surface area contributed by atoms with Gasteiger partial charge in [0, 0.05) is 13.0 Å². The van der Waals surface area contributed by atoms with Crippen molar-refractivity contribution in [2.75, 3.05) is 6.61 Å². The van der Waals surface area contributed by atoms with Gasteiger partial charge in [0.15, 0.2) is 0 Å². The van der Waals surface area contributed by atoms with E-state index in [9.17, 15) is 20.1 Å². The molecule has 11 atom stereocenters. The zero-order valence-electron chi connectivity index (χ0n) is 19.7. The van der Waals surface area contributed by atoms with Gasteiger partial charge in [-0.1, -0.05) is 20.8 Å². The van der Waals surface area contributed by atoms with Crippen LogP contribution >= 0.6 is 0 Å². The molecule has 0 aromatic carbocycles. The summed E-state index contributed by atoms with van der Waals surface area (Å²) < 4.78 is 0. The molecule has 5 heteroatoms. The van der Waals surface area contributed by atoms with E-state index in [2.05, 4.69) is 20.8 Å². The predicted molar refractivity (Wildman–Crippen MR) is 119 cm³/mol. The van der Waals surface area contributed by atoms with Gasteiger partial charge in [-0.15, -0.1) is 0 Å². The monoisotopic (exact) mass is 436 g/mol. The van der Waals surface area contributed by atoms with Crippen LogP contribution in [0.2, 0.25) is 0 Å². The van der Waals surface area contributed by atoms with Gasteiger partial charge in [-0.25, -0.2) is 0 Å². The van der Waals surface area contributed by atoms with E-state index in [4.69, 9.17) is 5.11 Å². The number of rotatable bonds is 6. The second kappa shape index (κ2) is 8.61. The van der Waals surface area contributed by atoms with E-state index >= 15 is 0 Å². The number of aliphatic hydroxyl groups excluding tert-OH is 3. The van der Waals surface area contributed by atoms with Crippen LogP contribution in [0.4, 0.5) is 0 Å². The largest absolute Gasteiger partial charge is 0.481 e. The van der Waals surface area contributed by atoms with Gasteiger partial charge in [-0.3, -0.25) is 4.79 Å². The predicted octanol–water partition coefficient (Wildman–Crippen LogP) is 4.09. The molecule has 0 bridgehead atoms. The lowest BCUT2D eigenvalue weighted by molar-refractivity contribution is -0.205. The number of fused-ring (bicyclic) bond motifs is 5. The van der Waals surface area contributed by atoms with E-state index < -0.39 is 12.1 Å². The van der Waals surface area contributed by atoms with Crippen molar-refractivity contribution in [1.29, 1.82) is 0 Å². The Morgan fingerprint density at radius 1 is 1.00 bits per heavy atom. The molecule has 0 heterocycles. The average Bonchev–Trinajstić information content (AvgIpc) is 3.07. The van der Waals surface area contributed by atoms with E-state index in [1.807, 2.05) is 0 Å². The third-order valence-electron chi connectivity index (χ3n) is 11.0. The normalized spacial score (nSPS) is 50.3. The van der Waals surface area contributed by atoms with Crippen LogP contribution in [-0.4, -0.2) is 45.2 Å². The molecule has 5 nitrogen and oxygen atoms in total. The number of hydrogen-bond acceptors (Lipinski definition) is 4. The fraction of sp³-hybridized carbons (Fsp3) is 0.962. The van der Waals surface area contributed by atoms with Crippen molar-refractivity contribution >= 4 is 5.97 Å². The highest BCUT2D eigenvalue weighted by molar-refractivity contribution is 5.66. The topological polar surface area (TPSA) is 98.0 Å². The summed E-state index contributed by atoms with van der Waals surface area (Å²) in [6.45, 7) is 7.18. The fourth-order valence-electron chi connectivity index (χ4n) is 9.48. The van der Waals surface area contributed by atoms with Gasteiger partial charge < -0.3 is 20.4 Å². The molecule has 0 amide bonds. The summed E-state index contributed by atoms with van der Waals surface area (Å²) in [6.07, 6.45) is 8.14. The second-order valence-electron chi connectivity index (χ2n) is 12.1. The molecule has 0 aromatic heterocycles. The third kappa shape index (κ3) is 3.77. The minimum absolute atomic E-state index is 0.0667. The highest BCUT2D eigenvalue weighted by Crippen LogP contribution is 2.69. The van der Waals surface area contributed by atoms with Crippen molar-refractivity contribution < 1.29 is 25.2 Å². The van der Waals surface area contributed by atoms with Gasteiger partial charge >= 0.3 is 5.97 Å². The quantitative estimate of drug-likeness (QED) is 0.503. The third-order valence-corrected chi connectivity index (χ3v) is 11.0. The van der Waals surface area contributed by atoms with Crippen LogP contribution in [0.5, 0.6) is 0 Å². The van der Waals surface area contributed by atoms with E-state index in [0.717, 1.165) is 44.9 Å². The summed E-state index contributed by atoms with van der Waals surface area (Å²) >= 11 is 0. The van der Waals surface area contributed by atoms with E-state index in [0.29, 0.717) is 30.1 Å². The maximum absolute atomic E-state index is 11.7. The molecule has 0 unspecified atom stereocenters. The second-order valence-corrected chi connectivity index (χ2v) is 12.1. The molecule has 0 aromatic rings. The minimum atomic E-state index is -0.705. The van der Waals surface area contributed by atoms with Crippen molar-refractivity contribution in [2.24, 2.45) is 52.3 Å². The maximum Gasteiger partial charge on any atom is 0.303 e. The van der Waals surface area contributed by atoms with Gasteiger partial charge in [0.05, 0.1) is 12.2 Å². The number of carboxylic acid groups (broad SMARTS) is 1. The number of aliphatic carboxylic acids is 1. The van der Waals surface area contributed by atoms with Crippen LogP contribution in [0.1, 0.15) is 85.0 Å². The Kier molecular flexibility index (Phi) is 6.53. The Balaban J connectivity index is 1.62. The van der Waals surface area contributed by atoms with Crippen molar-refractivity contribution in [3.63, 3.8) is 0 Å². The van der Waals surface area contributed by atoms with E-state index in [-0.39, 0.29) is 47.7 Å². The fourth-order valence-corrected chi connectivity index (χ4v) is 9.48.